The molecule has 0 atom stereocenters. The molecule has 0 spiro atoms. The molecule has 2 N–H and O–H groups in total. The van der Waals surface area contributed by atoms with E-state index in [9.17, 15) is 9.59 Å². The normalized spacial score (nSPS) is 16.6. The fourth-order valence-electron chi connectivity index (χ4n) is 2.92. The van der Waals surface area contributed by atoms with E-state index in [1.807, 2.05) is 32.0 Å². The van der Waals surface area contributed by atoms with Crippen molar-refractivity contribution >= 4 is 23.2 Å². The molecule has 156 valence electrons. The van der Waals surface area contributed by atoms with Crippen molar-refractivity contribution in [3.8, 4) is 0 Å². The van der Waals surface area contributed by atoms with Gasteiger partial charge in [-0.2, -0.15) is 0 Å². The number of hydrogen-bond donors (Lipinski definition) is 2. The van der Waals surface area contributed by atoms with Crippen LogP contribution in [0.4, 0.5) is 0 Å². The zero-order chi connectivity index (χ0) is 21.3. The summed E-state index contributed by atoms with van der Waals surface area (Å²) in [5.74, 6) is -0.613. The number of aliphatic imine (C=N–C) groups is 2. The molecule has 8 nitrogen and oxygen atoms in total. The van der Waals surface area contributed by atoms with Gasteiger partial charge in [-0.25, -0.2) is 9.97 Å². The number of rotatable bonds is 0. The van der Waals surface area contributed by atoms with Crippen LogP contribution in [-0.2, 0) is 0 Å². The van der Waals surface area contributed by atoms with E-state index in [4.69, 9.17) is 0 Å². The van der Waals surface area contributed by atoms with Crippen molar-refractivity contribution in [3.63, 3.8) is 0 Å². The van der Waals surface area contributed by atoms with Crippen LogP contribution in [0.25, 0.3) is 0 Å². The maximum absolute atomic E-state index is 12.3. The molecule has 0 unspecified atom stereocenters. The number of pyridine rings is 2. The van der Waals surface area contributed by atoms with Gasteiger partial charge < -0.3 is 10.6 Å². The standard InChI is InChI=1S/C22H26N6O2/c1-15-17-7-3-8-18(27-17)16(2)24-12-6-14-26-22(30)20-10-4-9-19(28-20)21(29)25-13-5-11-23-15/h3-4,7-10H,5-6,11-14H2,1-2H3,(H,25,29)(H,26,30). The van der Waals surface area contributed by atoms with Gasteiger partial charge in [0.15, 0.2) is 0 Å². The summed E-state index contributed by atoms with van der Waals surface area (Å²) < 4.78 is 0. The molecule has 0 aromatic carbocycles. The minimum atomic E-state index is -0.307. The molecule has 1 aliphatic heterocycles. The van der Waals surface area contributed by atoms with Gasteiger partial charge in [0.05, 0.1) is 22.8 Å². The minimum Gasteiger partial charge on any atom is -0.351 e. The van der Waals surface area contributed by atoms with Crippen molar-refractivity contribution in [2.45, 2.75) is 26.7 Å². The van der Waals surface area contributed by atoms with Gasteiger partial charge in [-0.3, -0.25) is 19.6 Å². The summed E-state index contributed by atoms with van der Waals surface area (Å²) in [4.78, 5) is 42.6. The van der Waals surface area contributed by atoms with Crippen molar-refractivity contribution in [1.82, 2.24) is 20.6 Å². The van der Waals surface area contributed by atoms with Crippen LogP contribution in [0.3, 0.4) is 0 Å². The van der Waals surface area contributed by atoms with E-state index in [1.54, 1.807) is 18.2 Å². The number of carbonyl (C=O) groups excluding carboxylic acids is 2. The second kappa shape index (κ2) is 10.4. The Morgan fingerprint density at radius 2 is 1.07 bits per heavy atom. The molecule has 3 rings (SSSR count). The van der Waals surface area contributed by atoms with Crippen molar-refractivity contribution < 1.29 is 9.59 Å². The fraction of sp³-hybridized carbons (Fsp3) is 0.364. The highest BCUT2D eigenvalue weighted by Gasteiger charge is 2.12. The molecule has 0 aliphatic carbocycles. The maximum atomic E-state index is 12.3. The summed E-state index contributed by atoms with van der Waals surface area (Å²) in [5.41, 5.74) is 3.77. The third-order valence-corrected chi connectivity index (χ3v) is 4.64. The summed E-state index contributed by atoms with van der Waals surface area (Å²) in [5, 5.41) is 5.64. The Balaban J connectivity index is 1.78. The summed E-state index contributed by atoms with van der Waals surface area (Å²) in [6, 6.07) is 10.6. The number of hydrogen-bond acceptors (Lipinski definition) is 6. The van der Waals surface area contributed by atoms with Gasteiger partial charge in [-0.1, -0.05) is 12.1 Å². The molecule has 0 radical (unpaired) electrons. The molecule has 0 fully saturated rings. The number of carbonyl (C=O) groups is 2. The average Bonchev–Trinajstić information content (AvgIpc) is 2.77. The van der Waals surface area contributed by atoms with Crippen LogP contribution in [0.1, 0.15) is 59.1 Å². The topological polar surface area (TPSA) is 109 Å². The second-order valence-electron chi connectivity index (χ2n) is 6.97. The number of nitrogens with one attached hydrogen (secondary N) is 2. The maximum Gasteiger partial charge on any atom is 0.269 e. The molecule has 1 aliphatic rings. The summed E-state index contributed by atoms with van der Waals surface area (Å²) in [6.07, 6.45) is 1.37. The van der Waals surface area contributed by atoms with Crippen LogP contribution in [-0.4, -0.2) is 59.4 Å². The van der Waals surface area contributed by atoms with E-state index >= 15 is 0 Å². The largest absolute Gasteiger partial charge is 0.351 e. The van der Waals surface area contributed by atoms with Crippen LogP contribution < -0.4 is 10.6 Å². The molecule has 2 aromatic rings. The van der Waals surface area contributed by atoms with Crippen LogP contribution in [0, 0.1) is 0 Å². The van der Waals surface area contributed by atoms with Gasteiger partial charge in [0.25, 0.3) is 11.8 Å². The zero-order valence-electron chi connectivity index (χ0n) is 17.3. The van der Waals surface area contributed by atoms with Crippen molar-refractivity contribution in [3.05, 3.63) is 59.2 Å². The zero-order valence-corrected chi connectivity index (χ0v) is 17.3. The lowest BCUT2D eigenvalue weighted by atomic mass is 10.2. The van der Waals surface area contributed by atoms with Crippen molar-refractivity contribution in [2.75, 3.05) is 26.2 Å². The van der Waals surface area contributed by atoms with Crippen LogP contribution >= 0.6 is 0 Å². The number of aromatic nitrogens is 2. The third-order valence-electron chi connectivity index (χ3n) is 4.64. The Kier molecular flexibility index (Phi) is 7.37. The van der Waals surface area contributed by atoms with Gasteiger partial charge in [0.1, 0.15) is 11.4 Å². The Morgan fingerprint density at radius 1 is 0.667 bits per heavy atom. The van der Waals surface area contributed by atoms with E-state index in [0.717, 1.165) is 22.8 Å². The number of fused-ring (bicyclic) bond motifs is 4. The molecular formula is C22H26N6O2. The highest BCUT2D eigenvalue weighted by atomic mass is 16.2. The molecular weight excluding hydrogens is 380 g/mol. The quantitative estimate of drug-likeness (QED) is 0.698. The fourth-order valence-corrected chi connectivity index (χ4v) is 2.92. The Hall–Kier alpha value is -3.42. The summed E-state index contributed by atoms with van der Waals surface area (Å²) in [6.45, 7) is 5.93. The lowest BCUT2D eigenvalue weighted by Crippen LogP contribution is -2.29. The Bertz CT molecular complexity index is 913. The first-order valence-corrected chi connectivity index (χ1v) is 10.1. The molecule has 3 heterocycles. The van der Waals surface area contributed by atoms with E-state index in [2.05, 4.69) is 30.6 Å². The highest BCUT2D eigenvalue weighted by Crippen LogP contribution is 2.05. The second-order valence-corrected chi connectivity index (χ2v) is 6.97. The predicted octanol–water partition coefficient (Wildman–Crippen LogP) is 2.05. The molecule has 30 heavy (non-hydrogen) atoms. The van der Waals surface area contributed by atoms with Crippen molar-refractivity contribution in [2.24, 2.45) is 9.98 Å². The van der Waals surface area contributed by atoms with E-state index in [-0.39, 0.29) is 23.2 Å². The van der Waals surface area contributed by atoms with Crippen LogP contribution in [0.15, 0.2) is 46.4 Å². The molecule has 2 aromatic heterocycles. The molecule has 0 saturated carbocycles. The van der Waals surface area contributed by atoms with E-state index in [0.29, 0.717) is 39.0 Å². The monoisotopic (exact) mass is 406 g/mol. The van der Waals surface area contributed by atoms with Gasteiger partial charge in [-0.05, 0) is 51.0 Å². The first-order valence-electron chi connectivity index (χ1n) is 10.1. The van der Waals surface area contributed by atoms with Crippen LogP contribution in [0.5, 0.6) is 0 Å². The Morgan fingerprint density at radius 3 is 1.53 bits per heavy atom. The van der Waals surface area contributed by atoms with Crippen molar-refractivity contribution in [1.29, 1.82) is 0 Å². The molecule has 8 heteroatoms. The van der Waals surface area contributed by atoms with E-state index < -0.39 is 0 Å². The Labute approximate surface area is 176 Å². The number of amides is 2. The lowest BCUT2D eigenvalue weighted by molar-refractivity contribution is 0.0944. The first kappa shape index (κ1) is 21.3. The van der Waals surface area contributed by atoms with Gasteiger partial charge in [0, 0.05) is 26.2 Å². The predicted molar refractivity (Wildman–Crippen MR) is 117 cm³/mol. The number of nitrogens with zero attached hydrogens (tertiary/aromatic N) is 4. The van der Waals surface area contributed by atoms with Gasteiger partial charge >= 0.3 is 0 Å². The summed E-state index contributed by atoms with van der Waals surface area (Å²) >= 11 is 0. The smallest absolute Gasteiger partial charge is 0.269 e. The van der Waals surface area contributed by atoms with E-state index in [1.165, 1.54) is 0 Å². The molecule has 2 amide bonds. The SMILES string of the molecule is CC1=NCCCNC(=O)c2cccc(n2)C(=O)NCCCN=C(C)c2cccc1n2. The minimum absolute atomic E-state index is 0.220. The van der Waals surface area contributed by atoms with Crippen LogP contribution in [0.2, 0.25) is 0 Å². The average molecular weight is 406 g/mol. The highest BCUT2D eigenvalue weighted by molar-refractivity contribution is 6.00. The first-order chi connectivity index (χ1) is 14.5. The molecule has 4 bridgehead atoms. The summed E-state index contributed by atoms with van der Waals surface area (Å²) in [7, 11) is 0. The molecule has 0 saturated heterocycles. The lowest BCUT2D eigenvalue weighted by Gasteiger charge is -2.08. The third kappa shape index (κ3) is 5.79. The van der Waals surface area contributed by atoms with Gasteiger partial charge in [-0.15, -0.1) is 0 Å². The van der Waals surface area contributed by atoms with Gasteiger partial charge in [0.2, 0.25) is 0 Å².